The zero-order chi connectivity index (χ0) is 29.7. The van der Waals surface area contributed by atoms with Gasteiger partial charge in [0, 0.05) is 22.1 Å². The number of ether oxygens (including phenoxy) is 1. The van der Waals surface area contributed by atoms with Gasteiger partial charge in [0.05, 0.1) is 17.7 Å². The zero-order valence-electron chi connectivity index (χ0n) is 23.0. The predicted molar refractivity (Wildman–Crippen MR) is 158 cm³/mol. The molecule has 0 aromatic heterocycles. The van der Waals surface area contributed by atoms with E-state index in [2.05, 4.69) is 5.32 Å². The maximum atomic E-state index is 13.9. The summed E-state index contributed by atoms with van der Waals surface area (Å²) in [5.41, 5.74) is 0.400. The summed E-state index contributed by atoms with van der Waals surface area (Å²) < 4.78 is 33.8. The standard InChI is InChI=1S/C29H33Cl2N3O5S/c1-20(28(36)32-29(2,3)4)33(18-21-9-13-25(39-5)14-10-21)27(35)19-34(24-8-6-7-23(31)17-24)40(37,38)26-15-11-22(30)12-16-26/h6-17,20H,18-19H2,1-5H3,(H,32,36)/t20-/m0/s1. The van der Waals surface area contributed by atoms with Crippen LogP contribution in [-0.4, -0.2) is 50.4 Å². The number of amides is 2. The van der Waals surface area contributed by atoms with Crippen LogP contribution in [0.25, 0.3) is 0 Å². The number of nitrogens with one attached hydrogen (secondary N) is 1. The normalized spacial score (nSPS) is 12.4. The molecule has 8 nitrogen and oxygen atoms in total. The monoisotopic (exact) mass is 605 g/mol. The zero-order valence-corrected chi connectivity index (χ0v) is 25.3. The summed E-state index contributed by atoms with van der Waals surface area (Å²) in [4.78, 5) is 28.4. The summed E-state index contributed by atoms with van der Waals surface area (Å²) in [6.07, 6.45) is 0. The smallest absolute Gasteiger partial charge is 0.264 e. The van der Waals surface area contributed by atoms with Crippen LogP contribution in [0.5, 0.6) is 5.75 Å². The summed E-state index contributed by atoms with van der Waals surface area (Å²) in [7, 11) is -2.67. The van der Waals surface area contributed by atoms with Crippen molar-refractivity contribution in [3.8, 4) is 5.75 Å². The van der Waals surface area contributed by atoms with Gasteiger partial charge in [0.15, 0.2) is 0 Å². The van der Waals surface area contributed by atoms with E-state index in [1.165, 1.54) is 35.2 Å². The Kier molecular flexibility index (Phi) is 10.1. The van der Waals surface area contributed by atoms with E-state index in [0.29, 0.717) is 15.8 Å². The van der Waals surface area contributed by atoms with Crippen LogP contribution >= 0.6 is 23.2 Å². The molecule has 3 aromatic carbocycles. The maximum absolute atomic E-state index is 13.9. The van der Waals surface area contributed by atoms with Crippen LogP contribution in [0.1, 0.15) is 33.3 Å². The van der Waals surface area contributed by atoms with Crippen LogP contribution in [0, 0.1) is 0 Å². The van der Waals surface area contributed by atoms with Gasteiger partial charge in [0.25, 0.3) is 10.0 Å². The number of rotatable bonds is 10. The van der Waals surface area contributed by atoms with E-state index in [-0.39, 0.29) is 23.0 Å². The van der Waals surface area contributed by atoms with E-state index < -0.39 is 34.1 Å². The van der Waals surface area contributed by atoms with Gasteiger partial charge in [0.2, 0.25) is 11.8 Å². The van der Waals surface area contributed by atoms with Crippen molar-refractivity contribution in [2.75, 3.05) is 18.0 Å². The van der Waals surface area contributed by atoms with Crippen molar-refractivity contribution in [3.05, 3.63) is 88.4 Å². The van der Waals surface area contributed by atoms with Gasteiger partial charge in [-0.3, -0.25) is 13.9 Å². The summed E-state index contributed by atoms with van der Waals surface area (Å²) in [5.74, 6) is -0.310. The number of anilines is 1. The fourth-order valence-electron chi connectivity index (χ4n) is 3.88. The Morgan fingerprint density at radius 2 is 1.57 bits per heavy atom. The summed E-state index contributed by atoms with van der Waals surface area (Å²) >= 11 is 12.2. The van der Waals surface area contributed by atoms with Crippen LogP contribution in [0.15, 0.2) is 77.7 Å². The van der Waals surface area contributed by atoms with Crippen molar-refractivity contribution in [1.82, 2.24) is 10.2 Å². The average Bonchev–Trinajstić information content (AvgIpc) is 2.89. The third-order valence-electron chi connectivity index (χ3n) is 5.95. The highest BCUT2D eigenvalue weighted by Gasteiger charge is 2.33. The quantitative estimate of drug-likeness (QED) is 0.328. The number of nitrogens with zero attached hydrogens (tertiary/aromatic N) is 2. The molecule has 2 amide bonds. The van der Waals surface area contributed by atoms with Crippen molar-refractivity contribution < 1.29 is 22.7 Å². The van der Waals surface area contributed by atoms with Gasteiger partial charge >= 0.3 is 0 Å². The lowest BCUT2D eigenvalue weighted by Gasteiger charge is -2.33. The molecule has 0 heterocycles. The first kappa shape index (κ1) is 31.3. The Balaban J connectivity index is 2.03. The molecule has 3 aromatic rings. The third-order valence-corrected chi connectivity index (χ3v) is 8.23. The Hall–Kier alpha value is -3.27. The average molecular weight is 607 g/mol. The van der Waals surface area contributed by atoms with E-state index in [9.17, 15) is 18.0 Å². The lowest BCUT2D eigenvalue weighted by atomic mass is 10.1. The molecule has 3 rings (SSSR count). The van der Waals surface area contributed by atoms with Crippen LogP contribution < -0.4 is 14.4 Å². The number of sulfonamides is 1. The maximum Gasteiger partial charge on any atom is 0.264 e. The molecular weight excluding hydrogens is 573 g/mol. The molecule has 0 bridgehead atoms. The number of carbonyl (C=O) groups is 2. The molecule has 1 N–H and O–H groups in total. The summed E-state index contributed by atoms with van der Waals surface area (Å²) in [6.45, 7) is 6.62. The Morgan fingerprint density at radius 3 is 2.12 bits per heavy atom. The molecule has 0 aliphatic rings. The number of methoxy groups -OCH3 is 1. The first-order chi connectivity index (χ1) is 18.7. The van der Waals surface area contributed by atoms with Crippen LogP contribution in [-0.2, 0) is 26.2 Å². The number of benzene rings is 3. The van der Waals surface area contributed by atoms with Crippen molar-refractivity contribution in [2.45, 2.75) is 50.7 Å². The molecule has 0 spiro atoms. The fraction of sp³-hybridized carbons (Fsp3) is 0.310. The van der Waals surface area contributed by atoms with Crippen LogP contribution in [0.3, 0.4) is 0 Å². The molecule has 1 atom stereocenters. The van der Waals surface area contributed by atoms with Gasteiger partial charge in [-0.2, -0.15) is 0 Å². The first-order valence-electron chi connectivity index (χ1n) is 12.5. The second kappa shape index (κ2) is 12.9. The predicted octanol–water partition coefficient (Wildman–Crippen LogP) is 5.53. The van der Waals surface area contributed by atoms with Gasteiger partial charge in [0.1, 0.15) is 18.3 Å². The minimum atomic E-state index is -4.22. The van der Waals surface area contributed by atoms with Crippen LogP contribution in [0.4, 0.5) is 5.69 Å². The van der Waals surface area contributed by atoms with Gasteiger partial charge < -0.3 is 15.0 Å². The van der Waals surface area contributed by atoms with Crippen molar-refractivity contribution >= 4 is 50.7 Å². The second-order valence-corrected chi connectivity index (χ2v) is 13.0. The first-order valence-corrected chi connectivity index (χ1v) is 14.7. The van der Waals surface area contributed by atoms with Gasteiger partial charge in [-0.1, -0.05) is 41.4 Å². The molecule has 0 unspecified atom stereocenters. The summed E-state index contributed by atoms with van der Waals surface area (Å²) in [6, 6.07) is 18.0. The Bertz CT molecular complexity index is 1440. The SMILES string of the molecule is COc1ccc(CN(C(=O)CN(c2cccc(Cl)c2)S(=O)(=O)c2ccc(Cl)cc2)[C@@H](C)C(=O)NC(C)(C)C)cc1. The van der Waals surface area contributed by atoms with Crippen molar-refractivity contribution in [3.63, 3.8) is 0 Å². The molecule has 11 heteroatoms. The largest absolute Gasteiger partial charge is 0.497 e. The third kappa shape index (κ3) is 8.13. The molecule has 0 fully saturated rings. The highest BCUT2D eigenvalue weighted by atomic mass is 35.5. The lowest BCUT2D eigenvalue weighted by Crippen LogP contribution is -2.54. The van der Waals surface area contributed by atoms with E-state index in [0.717, 1.165) is 9.87 Å². The fourth-order valence-corrected chi connectivity index (χ4v) is 5.59. The second-order valence-electron chi connectivity index (χ2n) is 10.2. The molecule has 0 saturated heterocycles. The van der Waals surface area contributed by atoms with Crippen LogP contribution in [0.2, 0.25) is 10.0 Å². The highest BCUT2D eigenvalue weighted by molar-refractivity contribution is 7.92. The van der Waals surface area contributed by atoms with E-state index >= 15 is 0 Å². The molecule has 214 valence electrons. The molecule has 0 saturated carbocycles. The lowest BCUT2D eigenvalue weighted by molar-refractivity contribution is -0.140. The number of halogens is 2. The molecular formula is C29H33Cl2N3O5S. The highest BCUT2D eigenvalue weighted by Crippen LogP contribution is 2.27. The molecule has 40 heavy (non-hydrogen) atoms. The Labute approximate surface area is 245 Å². The van der Waals surface area contributed by atoms with Crippen molar-refractivity contribution in [1.29, 1.82) is 0 Å². The number of carbonyl (C=O) groups excluding carboxylic acids is 2. The minimum Gasteiger partial charge on any atom is -0.497 e. The molecule has 0 radical (unpaired) electrons. The van der Waals surface area contributed by atoms with E-state index in [1.807, 2.05) is 20.8 Å². The van der Waals surface area contributed by atoms with Crippen molar-refractivity contribution in [2.24, 2.45) is 0 Å². The Morgan fingerprint density at radius 1 is 0.950 bits per heavy atom. The topological polar surface area (TPSA) is 96.0 Å². The number of hydrogen-bond acceptors (Lipinski definition) is 5. The summed E-state index contributed by atoms with van der Waals surface area (Å²) in [5, 5.41) is 3.57. The van der Waals surface area contributed by atoms with Gasteiger partial charge in [-0.15, -0.1) is 0 Å². The molecule has 0 aliphatic heterocycles. The van der Waals surface area contributed by atoms with E-state index in [1.54, 1.807) is 56.5 Å². The molecule has 0 aliphatic carbocycles. The minimum absolute atomic E-state index is 0.0510. The number of hydrogen-bond donors (Lipinski definition) is 1. The van der Waals surface area contributed by atoms with Gasteiger partial charge in [-0.05, 0) is 87.9 Å². The van der Waals surface area contributed by atoms with E-state index in [4.69, 9.17) is 27.9 Å². The van der Waals surface area contributed by atoms with Gasteiger partial charge in [-0.25, -0.2) is 8.42 Å².